The Hall–Kier alpha value is -2.00. The lowest BCUT2D eigenvalue weighted by molar-refractivity contribution is 0.358. The average molecular weight is 268 g/mol. The van der Waals surface area contributed by atoms with Crippen LogP contribution < -0.4 is 15.4 Å². The predicted molar refractivity (Wildman–Crippen MR) is 82.5 cm³/mol. The third-order valence-corrected chi connectivity index (χ3v) is 3.57. The van der Waals surface area contributed by atoms with Gasteiger partial charge in [-0.25, -0.2) is 0 Å². The van der Waals surface area contributed by atoms with Crippen LogP contribution in [0.25, 0.3) is 6.08 Å². The first-order chi connectivity index (χ1) is 9.83. The molecule has 1 aromatic carbocycles. The van der Waals surface area contributed by atoms with Crippen LogP contribution in [-0.2, 0) is 6.54 Å². The number of benzene rings is 1. The van der Waals surface area contributed by atoms with E-state index >= 15 is 0 Å². The molecule has 0 bridgehead atoms. The number of hydrogen-bond acceptors (Lipinski definition) is 3. The van der Waals surface area contributed by atoms with Crippen molar-refractivity contribution in [2.75, 3.05) is 19.7 Å². The van der Waals surface area contributed by atoms with Gasteiger partial charge in [-0.2, -0.15) is 0 Å². The molecule has 3 heteroatoms. The van der Waals surface area contributed by atoms with E-state index in [-0.39, 0.29) is 0 Å². The minimum atomic E-state index is 0.674. The highest BCUT2D eigenvalue weighted by molar-refractivity contribution is 5.63. The van der Waals surface area contributed by atoms with Crippen LogP contribution in [0.15, 0.2) is 47.7 Å². The Balaban J connectivity index is 1.62. The molecule has 3 nitrogen and oxygen atoms in total. The van der Waals surface area contributed by atoms with Gasteiger partial charge in [-0.05, 0) is 36.3 Å². The van der Waals surface area contributed by atoms with Crippen molar-refractivity contribution in [2.45, 2.75) is 13.5 Å². The Labute approximate surface area is 120 Å². The van der Waals surface area contributed by atoms with E-state index in [4.69, 9.17) is 4.74 Å². The number of nitrogens with one attached hydrogen (secondary N) is 2. The second-order valence-corrected chi connectivity index (χ2v) is 5.13. The Morgan fingerprint density at radius 1 is 1.30 bits per heavy atom. The van der Waals surface area contributed by atoms with Crippen LogP contribution in [-0.4, -0.2) is 19.7 Å². The molecule has 0 amide bonds. The molecule has 0 aromatic heterocycles. The molecule has 2 heterocycles. The fourth-order valence-electron chi connectivity index (χ4n) is 2.56. The van der Waals surface area contributed by atoms with E-state index in [1.54, 1.807) is 0 Å². The van der Waals surface area contributed by atoms with Gasteiger partial charge in [0.15, 0.2) is 0 Å². The van der Waals surface area contributed by atoms with E-state index in [2.05, 4.69) is 54.0 Å². The first-order valence-corrected chi connectivity index (χ1v) is 7.06. The lowest BCUT2D eigenvalue weighted by atomic mass is 10.0. The van der Waals surface area contributed by atoms with E-state index in [9.17, 15) is 0 Å². The van der Waals surface area contributed by atoms with E-state index < -0.39 is 0 Å². The van der Waals surface area contributed by atoms with Crippen molar-refractivity contribution in [1.82, 2.24) is 10.6 Å². The lowest BCUT2D eigenvalue weighted by Crippen LogP contribution is -2.22. The Kier molecular flexibility index (Phi) is 3.88. The Morgan fingerprint density at radius 2 is 2.25 bits per heavy atom. The molecule has 0 fully saturated rings. The first-order valence-electron chi connectivity index (χ1n) is 7.06. The van der Waals surface area contributed by atoms with E-state index in [1.165, 1.54) is 22.4 Å². The summed E-state index contributed by atoms with van der Waals surface area (Å²) in [6, 6.07) is 6.25. The number of hydrogen-bond donors (Lipinski definition) is 2. The standard InChI is InChI=1S/C17H20N2O/c1-13-10-14(7-8-19-13)11-18-12-15-4-2-6-17-16(15)5-3-9-20-17/h2-7,10,18-19H,8-9,11-12H2,1H3. The van der Waals surface area contributed by atoms with Crippen molar-refractivity contribution in [2.24, 2.45) is 0 Å². The summed E-state index contributed by atoms with van der Waals surface area (Å²) >= 11 is 0. The molecule has 2 aliphatic heterocycles. The van der Waals surface area contributed by atoms with Crippen molar-refractivity contribution in [3.8, 4) is 5.75 Å². The number of allylic oxidation sites excluding steroid dienone is 1. The third-order valence-electron chi connectivity index (χ3n) is 3.57. The molecule has 2 N–H and O–H groups in total. The second-order valence-electron chi connectivity index (χ2n) is 5.13. The zero-order valence-corrected chi connectivity index (χ0v) is 11.8. The molecular formula is C17H20N2O. The minimum Gasteiger partial charge on any atom is -0.489 e. The van der Waals surface area contributed by atoms with Gasteiger partial charge in [-0.15, -0.1) is 0 Å². The molecule has 0 atom stereocenters. The van der Waals surface area contributed by atoms with Crippen LogP contribution in [0, 0.1) is 0 Å². The summed E-state index contributed by atoms with van der Waals surface area (Å²) in [5, 5.41) is 6.80. The first kappa shape index (κ1) is 13.0. The van der Waals surface area contributed by atoms with Gasteiger partial charge in [0, 0.05) is 30.9 Å². The maximum atomic E-state index is 5.63. The van der Waals surface area contributed by atoms with Crippen LogP contribution in [0.3, 0.4) is 0 Å². The molecule has 0 radical (unpaired) electrons. The molecule has 104 valence electrons. The molecule has 0 spiro atoms. The quantitative estimate of drug-likeness (QED) is 0.880. The molecule has 0 unspecified atom stereocenters. The minimum absolute atomic E-state index is 0.674. The van der Waals surface area contributed by atoms with Crippen molar-refractivity contribution in [3.63, 3.8) is 0 Å². The molecule has 20 heavy (non-hydrogen) atoms. The van der Waals surface area contributed by atoms with Gasteiger partial charge < -0.3 is 15.4 Å². The van der Waals surface area contributed by atoms with Gasteiger partial charge in [-0.1, -0.05) is 24.3 Å². The third kappa shape index (κ3) is 2.94. The Bertz CT molecular complexity index is 585. The molecule has 3 rings (SSSR count). The second kappa shape index (κ2) is 5.97. The maximum absolute atomic E-state index is 5.63. The largest absolute Gasteiger partial charge is 0.489 e. The van der Waals surface area contributed by atoms with Crippen molar-refractivity contribution in [3.05, 3.63) is 58.8 Å². The molecule has 1 aromatic rings. The summed E-state index contributed by atoms with van der Waals surface area (Å²) in [7, 11) is 0. The summed E-state index contributed by atoms with van der Waals surface area (Å²) in [6.45, 7) is 5.45. The fraction of sp³-hybridized carbons (Fsp3) is 0.294. The molecule has 2 aliphatic rings. The highest BCUT2D eigenvalue weighted by atomic mass is 16.5. The summed E-state index contributed by atoms with van der Waals surface area (Å²) in [6.07, 6.45) is 8.64. The highest BCUT2D eigenvalue weighted by Gasteiger charge is 2.09. The van der Waals surface area contributed by atoms with Gasteiger partial charge in [-0.3, -0.25) is 0 Å². The zero-order chi connectivity index (χ0) is 13.8. The van der Waals surface area contributed by atoms with Crippen LogP contribution in [0.5, 0.6) is 5.75 Å². The summed E-state index contributed by atoms with van der Waals surface area (Å²) in [5.74, 6) is 0.989. The summed E-state index contributed by atoms with van der Waals surface area (Å²) in [4.78, 5) is 0. The van der Waals surface area contributed by atoms with Gasteiger partial charge in [0.05, 0.1) is 0 Å². The van der Waals surface area contributed by atoms with Crippen LogP contribution in [0.1, 0.15) is 18.1 Å². The molecule has 0 saturated heterocycles. The monoisotopic (exact) mass is 268 g/mol. The van der Waals surface area contributed by atoms with Crippen molar-refractivity contribution in [1.29, 1.82) is 0 Å². The number of rotatable bonds is 4. The van der Waals surface area contributed by atoms with Gasteiger partial charge >= 0.3 is 0 Å². The number of ether oxygens (including phenoxy) is 1. The molecule has 0 saturated carbocycles. The Morgan fingerprint density at radius 3 is 3.15 bits per heavy atom. The van der Waals surface area contributed by atoms with Gasteiger partial charge in [0.2, 0.25) is 0 Å². The summed E-state index contributed by atoms with van der Waals surface area (Å²) in [5.41, 5.74) is 5.07. The average Bonchev–Trinajstić information content (AvgIpc) is 2.48. The SMILES string of the molecule is CC1=CC(CNCc2cccc3c2C=CCO3)=CCN1. The molecular weight excluding hydrogens is 248 g/mol. The van der Waals surface area contributed by atoms with E-state index in [0.29, 0.717) is 6.61 Å². The predicted octanol–water partition coefficient (Wildman–Crippen LogP) is 2.62. The highest BCUT2D eigenvalue weighted by Crippen LogP contribution is 2.26. The topological polar surface area (TPSA) is 33.3 Å². The van der Waals surface area contributed by atoms with E-state index in [1.807, 2.05) is 6.07 Å². The van der Waals surface area contributed by atoms with Crippen LogP contribution in [0.4, 0.5) is 0 Å². The van der Waals surface area contributed by atoms with Crippen molar-refractivity contribution >= 4 is 6.08 Å². The fourth-order valence-corrected chi connectivity index (χ4v) is 2.56. The van der Waals surface area contributed by atoms with Crippen LogP contribution >= 0.6 is 0 Å². The van der Waals surface area contributed by atoms with Gasteiger partial charge in [0.25, 0.3) is 0 Å². The smallest absolute Gasteiger partial charge is 0.127 e. The zero-order valence-electron chi connectivity index (χ0n) is 11.8. The van der Waals surface area contributed by atoms with Crippen molar-refractivity contribution < 1.29 is 4.74 Å². The number of dihydropyridines is 1. The normalized spacial score (nSPS) is 16.6. The van der Waals surface area contributed by atoms with E-state index in [0.717, 1.165) is 25.4 Å². The molecule has 0 aliphatic carbocycles. The van der Waals surface area contributed by atoms with Gasteiger partial charge in [0.1, 0.15) is 12.4 Å². The lowest BCUT2D eigenvalue weighted by Gasteiger charge is -2.17. The summed E-state index contributed by atoms with van der Waals surface area (Å²) < 4.78 is 5.63. The number of fused-ring (bicyclic) bond motifs is 1. The van der Waals surface area contributed by atoms with Crippen LogP contribution in [0.2, 0.25) is 0 Å². The maximum Gasteiger partial charge on any atom is 0.127 e.